The molecule has 0 spiro atoms. The van der Waals surface area contributed by atoms with Gasteiger partial charge in [-0.3, -0.25) is 14.4 Å². The van der Waals surface area contributed by atoms with E-state index in [0.717, 1.165) is 20.8 Å². The average molecular weight is 550 g/mol. The molecule has 8 nitrogen and oxygen atoms in total. The summed E-state index contributed by atoms with van der Waals surface area (Å²) in [6.07, 6.45) is 0.505. The van der Waals surface area contributed by atoms with Gasteiger partial charge in [-0.2, -0.15) is 0 Å². The van der Waals surface area contributed by atoms with Crippen LogP contribution in [0.25, 0.3) is 0 Å². The number of nitrogens with one attached hydrogen (secondary N) is 1. The monoisotopic (exact) mass is 549 g/mol. The van der Waals surface area contributed by atoms with Crippen molar-refractivity contribution in [3.05, 3.63) is 64.1 Å². The molecule has 1 aliphatic heterocycles. The number of rotatable bonds is 9. The first-order chi connectivity index (χ1) is 16.1. The molecule has 0 saturated carbocycles. The van der Waals surface area contributed by atoms with Gasteiger partial charge in [-0.15, -0.1) is 0 Å². The van der Waals surface area contributed by atoms with Gasteiger partial charge in [0.1, 0.15) is 10.9 Å². The quantitative estimate of drug-likeness (QED) is 0.516. The van der Waals surface area contributed by atoms with Gasteiger partial charge in [-0.1, -0.05) is 47.1 Å². The zero-order valence-electron chi connectivity index (χ0n) is 19.3. The van der Waals surface area contributed by atoms with Crippen molar-refractivity contribution in [1.82, 2.24) is 14.5 Å². The molecule has 0 fully saturated rings. The molecular formula is C24H28BrN3O5S. The Morgan fingerprint density at radius 1 is 1.09 bits per heavy atom. The van der Waals surface area contributed by atoms with Crippen LogP contribution in [0, 0.1) is 0 Å². The predicted molar refractivity (Wildman–Crippen MR) is 131 cm³/mol. The summed E-state index contributed by atoms with van der Waals surface area (Å²) < 4.78 is 27.2. The maximum Gasteiger partial charge on any atom is 0.269 e. The fourth-order valence-corrected chi connectivity index (χ4v) is 5.46. The van der Waals surface area contributed by atoms with Crippen molar-refractivity contribution >= 4 is 43.7 Å². The molecule has 0 bridgehead atoms. The highest BCUT2D eigenvalue weighted by Gasteiger charge is 2.41. The molecule has 0 aliphatic carbocycles. The predicted octanol–water partition coefficient (Wildman–Crippen LogP) is 3.32. The van der Waals surface area contributed by atoms with Crippen LogP contribution in [0.1, 0.15) is 49.5 Å². The molecule has 3 amide bonds. The summed E-state index contributed by atoms with van der Waals surface area (Å²) in [4.78, 5) is 40.1. The zero-order valence-corrected chi connectivity index (χ0v) is 21.7. The number of nitrogens with zero attached hydrogens (tertiary/aromatic N) is 2. The summed E-state index contributed by atoms with van der Waals surface area (Å²) in [7, 11) is -4.01. The number of carbonyl (C=O) groups excluding carboxylic acids is 3. The van der Waals surface area contributed by atoms with Crippen molar-refractivity contribution in [2.45, 2.75) is 57.1 Å². The lowest BCUT2D eigenvalue weighted by molar-refractivity contribution is -0.140. The third kappa shape index (κ3) is 5.50. The molecule has 34 heavy (non-hydrogen) atoms. The standard InChI is InChI=1S/C24H28BrN3O5S/c1-4-16(2)26-23(30)17(3)27(15-18-9-11-19(25)12-10-18)22(29)13-14-28-24(31)20-7-5-6-8-21(20)34(28,32)33/h5-12,16-17H,4,13-15H2,1-3H3,(H,26,30). The highest BCUT2D eigenvalue weighted by atomic mass is 79.9. The highest BCUT2D eigenvalue weighted by Crippen LogP contribution is 2.30. The maximum atomic E-state index is 13.3. The second-order valence-electron chi connectivity index (χ2n) is 8.27. The van der Waals surface area contributed by atoms with Crippen molar-refractivity contribution in [2.75, 3.05) is 6.54 Å². The molecule has 2 atom stereocenters. The molecule has 3 rings (SSSR count). The highest BCUT2D eigenvalue weighted by molar-refractivity contribution is 9.10. The van der Waals surface area contributed by atoms with Crippen LogP contribution in [0.4, 0.5) is 0 Å². The van der Waals surface area contributed by atoms with Gasteiger partial charge in [-0.25, -0.2) is 12.7 Å². The third-order valence-electron chi connectivity index (χ3n) is 5.88. The van der Waals surface area contributed by atoms with Crippen molar-refractivity contribution in [1.29, 1.82) is 0 Å². The number of hydrogen-bond acceptors (Lipinski definition) is 5. The van der Waals surface area contributed by atoms with Gasteiger partial charge < -0.3 is 10.2 Å². The van der Waals surface area contributed by atoms with E-state index in [1.165, 1.54) is 17.0 Å². The molecule has 2 aromatic rings. The molecule has 1 aliphatic rings. The second-order valence-corrected chi connectivity index (χ2v) is 11.0. The van der Waals surface area contributed by atoms with E-state index in [9.17, 15) is 22.8 Å². The number of carbonyl (C=O) groups is 3. The van der Waals surface area contributed by atoms with E-state index in [0.29, 0.717) is 0 Å². The molecule has 1 N–H and O–H groups in total. The zero-order chi connectivity index (χ0) is 25.0. The van der Waals surface area contributed by atoms with E-state index in [4.69, 9.17) is 0 Å². The smallest absolute Gasteiger partial charge is 0.269 e. The Morgan fingerprint density at radius 3 is 2.35 bits per heavy atom. The Labute approximate surface area is 208 Å². The summed E-state index contributed by atoms with van der Waals surface area (Å²) in [5.41, 5.74) is 0.917. The molecule has 0 aromatic heterocycles. The Bertz CT molecular complexity index is 1180. The molecule has 0 radical (unpaired) electrons. The van der Waals surface area contributed by atoms with Gasteiger partial charge in [0.15, 0.2) is 0 Å². The Morgan fingerprint density at radius 2 is 1.74 bits per heavy atom. The summed E-state index contributed by atoms with van der Waals surface area (Å²) >= 11 is 3.38. The minimum atomic E-state index is -4.01. The van der Waals surface area contributed by atoms with Crippen LogP contribution >= 0.6 is 15.9 Å². The van der Waals surface area contributed by atoms with E-state index in [-0.39, 0.29) is 41.9 Å². The topological polar surface area (TPSA) is 104 Å². The number of amides is 3. The van der Waals surface area contributed by atoms with Crippen molar-refractivity contribution in [2.24, 2.45) is 0 Å². The summed E-state index contributed by atoms with van der Waals surface area (Å²) in [5, 5.41) is 2.89. The minimum Gasteiger partial charge on any atom is -0.352 e. The molecule has 182 valence electrons. The van der Waals surface area contributed by atoms with E-state index in [1.54, 1.807) is 19.1 Å². The second kappa shape index (κ2) is 10.7. The van der Waals surface area contributed by atoms with Crippen molar-refractivity contribution in [3.63, 3.8) is 0 Å². The van der Waals surface area contributed by atoms with Gasteiger partial charge >= 0.3 is 0 Å². The lowest BCUT2D eigenvalue weighted by Gasteiger charge is -2.30. The first-order valence-electron chi connectivity index (χ1n) is 11.1. The number of sulfonamides is 1. The summed E-state index contributed by atoms with van der Waals surface area (Å²) in [6.45, 7) is 5.34. The van der Waals surface area contributed by atoms with Crippen LogP contribution in [-0.2, 0) is 26.2 Å². The minimum absolute atomic E-state index is 0.0505. The number of benzene rings is 2. The first kappa shape index (κ1) is 25.9. The fourth-order valence-electron chi connectivity index (χ4n) is 3.63. The first-order valence-corrected chi connectivity index (χ1v) is 13.3. The third-order valence-corrected chi connectivity index (χ3v) is 8.24. The normalized spacial score (nSPS) is 16.0. The van der Waals surface area contributed by atoms with Crippen LogP contribution in [0.2, 0.25) is 0 Å². The Balaban J connectivity index is 1.79. The van der Waals surface area contributed by atoms with Gasteiger partial charge in [0, 0.05) is 30.0 Å². The lowest BCUT2D eigenvalue weighted by atomic mass is 10.1. The van der Waals surface area contributed by atoms with Crippen molar-refractivity contribution in [3.8, 4) is 0 Å². The number of hydrogen-bond donors (Lipinski definition) is 1. The van der Waals surface area contributed by atoms with Crippen LogP contribution in [0.15, 0.2) is 57.9 Å². The van der Waals surface area contributed by atoms with Gasteiger partial charge in [0.25, 0.3) is 15.9 Å². The van der Waals surface area contributed by atoms with E-state index < -0.39 is 27.9 Å². The van der Waals surface area contributed by atoms with E-state index >= 15 is 0 Å². The van der Waals surface area contributed by atoms with Gasteiger partial charge in [0.05, 0.1) is 5.56 Å². The van der Waals surface area contributed by atoms with Gasteiger partial charge in [0.2, 0.25) is 11.8 Å². The summed E-state index contributed by atoms with van der Waals surface area (Å²) in [6, 6.07) is 12.5. The maximum absolute atomic E-state index is 13.3. The van der Waals surface area contributed by atoms with Gasteiger partial charge in [-0.05, 0) is 50.1 Å². The Kier molecular flexibility index (Phi) is 8.14. The molecule has 2 aromatic carbocycles. The molecular weight excluding hydrogens is 522 g/mol. The molecule has 2 unspecified atom stereocenters. The van der Waals surface area contributed by atoms with Crippen LogP contribution in [-0.4, -0.2) is 54.0 Å². The van der Waals surface area contributed by atoms with Crippen LogP contribution in [0.3, 0.4) is 0 Å². The largest absolute Gasteiger partial charge is 0.352 e. The average Bonchev–Trinajstić information content (AvgIpc) is 3.01. The number of halogens is 1. The molecule has 0 saturated heterocycles. The fraction of sp³-hybridized carbons (Fsp3) is 0.375. The van der Waals surface area contributed by atoms with E-state index in [2.05, 4.69) is 21.2 Å². The van der Waals surface area contributed by atoms with Crippen molar-refractivity contribution < 1.29 is 22.8 Å². The summed E-state index contributed by atoms with van der Waals surface area (Å²) in [5.74, 6) is -1.36. The van der Waals surface area contributed by atoms with Crippen LogP contribution in [0.5, 0.6) is 0 Å². The number of fused-ring (bicyclic) bond motifs is 1. The lowest BCUT2D eigenvalue weighted by Crippen LogP contribution is -2.50. The molecule has 10 heteroatoms. The van der Waals surface area contributed by atoms with Crippen LogP contribution < -0.4 is 5.32 Å². The SMILES string of the molecule is CCC(C)NC(=O)C(C)N(Cc1ccc(Br)cc1)C(=O)CCN1C(=O)c2ccccc2S1(=O)=O. The van der Waals surface area contributed by atoms with E-state index in [1.807, 2.05) is 38.1 Å². The molecule has 1 heterocycles. The Hall–Kier alpha value is -2.72.